The summed E-state index contributed by atoms with van der Waals surface area (Å²) in [5, 5.41) is 16.1. The highest BCUT2D eigenvalue weighted by atomic mass is 16.5. The van der Waals surface area contributed by atoms with Crippen LogP contribution in [0.15, 0.2) is 4.99 Å². The Labute approximate surface area is 161 Å². The average Bonchev–Trinajstić information content (AvgIpc) is 3.11. The highest BCUT2D eigenvalue weighted by Crippen LogP contribution is 2.31. The SMILES string of the molecule is CCCCCCCCCCCCNC(=NC)NCC1(CCO)CCOC1. The molecule has 0 aliphatic carbocycles. The van der Waals surface area contributed by atoms with Gasteiger partial charge >= 0.3 is 0 Å². The number of ether oxygens (including phenoxy) is 1. The van der Waals surface area contributed by atoms with Crippen LogP contribution in [0.4, 0.5) is 0 Å². The number of unbranched alkanes of at least 4 members (excludes halogenated alkanes) is 9. The van der Waals surface area contributed by atoms with Gasteiger partial charge in [-0.25, -0.2) is 0 Å². The Morgan fingerprint density at radius 1 is 1.00 bits per heavy atom. The van der Waals surface area contributed by atoms with Gasteiger partial charge in [0.2, 0.25) is 0 Å². The van der Waals surface area contributed by atoms with Crippen LogP contribution in [-0.2, 0) is 4.74 Å². The van der Waals surface area contributed by atoms with Crippen molar-refractivity contribution in [3.05, 3.63) is 0 Å². The molecule has 1 saturated heterocycles. The third-order valence-electron chi connectivity index (χ3n) is 5.50. The van der Waals surface area contributed by atoms with Crippen LogP contribution in [0.3, 0.4) is 0 Å². The largest absolute Gasteiger partial charge is 0.396 e. The molecule has 0 amide bonds. The van der Waals surface area contributed by atoms with E-state index in [1.165, 1.54) is 64.2 Å². The Morgan fingerprint density at radius 3 is 2.19 bits per heavy atom. The maximum Gasteiger partial charge on any atom is 0.190 e. The first-order valence-corrected chi connectivity index (χ1v) is 10.9. The summed E-state index contributed by atoms with van der Waals surface area (Å²) < 4.78 is 5.54. The monoisotopic (exact) mass is 369 g/mol. The molecule has 0 saturated carbocycles. The summed E-state index contributed by atoms with van der Waals surface area (Å²) in [6.07, 6.45) is 15.4. The number of guanidine groups is 1. The van der Waals surface area contributed by atoms with Gasteiger partial charge in [-0.05, 0) is 19.3 Å². The van der Waals surface area contributed by atoms with E-state index in [1.807, 2.05) is 7.05 Å². The molecule has 0 bridgehead atoms. The second-order valence-electron chi connectivity index (χ2n) is 7.81. The summed E-state index contributed by atoms with van der Waals surface area (Å²) in [5.41, 5.74) is 0.0590. The third kappa shape index (κ3) is 10.4. The number of rotatable bonds is 15. The lowest BCUT2D eigenvalue weighted by atomic mass is 9.84. The van der Waals surface area contributed by atoms with Crippen LogP contribution in [0.1, 0.15) is 84.0 Å². The van der Waals surface area contributed by atoms with Crippen molar-refractivity contribution in [2.45, 2.75) is 84.0 Å². The summed E-state index contributed by atoms with van der Waals surface area (Å²) in [6.45, 7) is 5.80. The summed E-state index contributed by atoms with van der Waals surface area (Å²) in [4.78, 5) is 4.31. The minimum atomic E-state index is 0.0590. The van der Waals surface area contributed by atoms with E-state index in [0.717, 1.165) is 45.1 Å². The normalized spacial score (nSPS) is 20.5. The predicted molar refractivity (Wildman–Crippen MR) is 111 cm³/mol. The number of hydrogen-bond donors (Lipinski definition) is 3. The van der Waals surface area contributed by atoms with Crippen LogP contribution >= 0.6 is 0 Å². The summed E-state index contributed by atoms with van der Waals surface area (Å²) in [7, 11) is 1.82. The van der Waals surface area contributed by atoms with E-state index in [0.29, 0.717) is 0 Å². The number of aliphatic imine (C=N–C) groups is 1. The standard InChI is InChI=1S/C21H43N3O2/c1-3-4-5-6-7-8-9-10-11-12-15-23-20(22-2)24-18-21(13-16-25)14-17-26-19-21/h25H,3-19H2,1-2H3,(H2,22,23,24). The molecule has 1 atom stereocenters. The summed E-state index contributed by atoms with van der Waals surface area (Å²) >= 11 is 0. The maximum atomic E-state index is 9.30. The van der Waals surface area contributed by atoms with Crippen LogP contribution in [-0.4, -0.2) is 51.0 Å². The molecule has 154 valence electrons. The van der Waals surface area contributed by atoms with Gasteiger partial charge in [0.25, 0.3) is 0 Å². The van der Waals surface area contributed by atoms with Crippen molar-refractivity contribution in [2.75, 3.05) is 40.0 Å². The van der Waals surface area contributed by atoms with Crippen molar-refractivity contribution in [1.82, 2.24) is 10.6 Å². The Bertz CT molecular complexity index is 355. The second-order valence-corrected chi connectivity index (χ2v) is 7.81. The van der Waals surface area contributed by atoms with E-state index in [-0.39, 0.29) is 12.0 Å². The zero-order chi connectivity index (χ0) is 18.9. The van der Waals surface area contributed by atoms with Crippen LogP contribution in [0, 0.1) is 5.41 Å². The van der Waals surface area contributed by atoms with Gasteiger partial charge in [-0.1, -0.05) is 64.7 Å². The van der Waals surface area contributed by atoms with Gasteiger partial charge in [-0.2, -0.15) is 0 Å². The number of nitrogens with zero attached hydrogens (tertiary/aromatic N) is 1. The highest BCUT2D eigenvalue weighted by molar-refractivity contribution is 5.79. The van der Waals surface area contributed by atoms with Crippen molar-refractivity contribution in [3.8, 4) is 0 Å². The van der Waals surface area contributed by atoms with Crippen LogP contribution in [0.2, 0.25) is 0 Å². The average molecular weight is 370 g/mol. The van der Waals surface area contributed by atoms with Crippen LogP contribution < -0.4 is 10.6 Å². The molecule has 0 spiro atoms. The molecule has 0 aromatic rings. The van der Waals surface area contributed by atoms with Gasteiger partial charge in [0, 0.05) is 38.8 Å². The molecule has 0 aromatic carbocycles. The molecular formula is C21H43N3O2. The fourth-order valence-corrected chi connectivity index (χ4v) is 3.62. The highest BCUT2D eigenvalue weighted by Gasteiger charge is 2.34. The van der Waals surface area contributed by atoms with Crippen molar-refractivity contribution in [1.29, 1.82) is 0 Å². The zero-order valence-electron chi connectivity index (χ0n) is 17.3. The Hall–Kier alpha value is -0.810. The fourth-order valence-electron chi connectivity index (χ4n) is 3.62. The molecule has 1 unspecified atom stereocenters. The molecule has 1 fully saturated rings. The first kappa shape index (κ1) is 23.2. The Morgan fingerprint density at radius 2 is 1.65 bits per heavy atom. The minimum Gasteiger partial charge on any atom is -0.396 e. The predicted octanol–water partition coefficient (Wildman–Crippen LogP) is 3.86. The van der Waals surface area contributed by atoms with Crippen molar-refractivity contribution < 1.29 is 9.84 Å². The lowest BCUT2D eigenvalue weighted by molar-refractivity contribution is 0.127. The Balaban J connectivity index is 2.01. The molecule has 26 heavy (non-hydrogen) atoms. The van der Waals surface area contributed by atoms with Crippen molar-refractivity contribution in [3.63, 3.8) is 0 Å². The quantitative estimate of drug-likeness (QED) is 0.233. The molecule has 0 radical (unpaired) electrons. The van der Waals surface area contributed by atoms with E-state index >= 15 is 0 Å². The first-order valence-electron chi connectivity index (χ1n) is 10.9. The molecular weight excluding hydrogens is 326 g/mol. The molecule has 3 N–H and O–H groups in total. The van der Waals surface area contributed by atoms with E-state index in [1.54, 1.807) is 0 Å². The molecule has 5 heteroatoms. The van der Waals surface area contributed by atoms with E-state index in [4.69, 9.17) is 4.74 Å². The van der Waals surface area contributed by atoms with Crippen molar-refractivity contribution in [2.24, 2.45) is 10.4 Å². The third-order valence-corrected chi connectivity index (χ3v) is 5.50. The molecule has 5 nitrogen and oxygen atoms in total. The van der Waals surface area contributed by atoms with E-state index in [9.17, 15) is 5.11 Å². The van der Waals surface area contributed by atoms with Gasteiger partial charge in [0.05, 0.1) is 6.61 Å². The van der Waals surface area contributed by atoms with E-state index in [2.05, 4.69) is 22.5 Å². The van der Waals surface area contributed by atoms with E-state index < -0.39 is 0 Å². The maximum absolute atomic E-state index is 9.30. The topological polar surface area (TPSA) is 65.9 Å². The Kier molecular flexibility index (Phi) is 13.6. The fraction of sp³-hybridized carbons (Fsp3) is 0.952. The van der Waals surface area contributed by atoms with Gasteiger partial charge < -0.3 is 20.5 Å². The number of aliphatic hydroxyl groups is 1. The zero-order valence-corrected chi connectivity index (χ0v) is 17.3. The van der Waals surface area contributed by atoms with Gasteiger partial charge in [0.1, 0.15) is 0 Å². The summed E-state index contributed by atoms with van der Waals surface area (Å²) in [5.74, 6) is 0.866. The smallest absolute Gasteiger partial charge is 0.190 e. The van der Waals surface area contributed by atoms with Crippen LogP contribution in [0.25, 0.3) is 0 Å². The van der Waals surface area contributed by atoms with Crippen molar-refractivity contribution >= 4 is 5.96 Å². The number of nitrogens with one attached hydrogen (secondary N) is 2. The van der Waals surface area contributed by atoms with Gasteiger partial charge in [0.15, 0.2) is 5.96 Å². The number of hydrogen-bond acceptors (Lipinski definition) is 3. The van der Waals surface area contributed by atoms with Crippen LogP contribution in [0.5, 0.6) is 0 Å². The molecule has 1 aliphatic heterocycles. The summed E-state index contributed by atoms with van der Waals surface area (Å²) in [6, 6.07) is 0. The molecule has 1 aliphatic rings. The molecule has 1 rings (SSSR count). The lowest BCUT2D eigenvalue weighted by Gasteiger charge is -2.27. The van der Waals surface area contributed by atoms with Gasteiger partial charge in [-0.3, -0.25) is 4.99 Å². The van der Waals surface area contributed by atoms with Gasteiger partial charge in [-0.15, -0.1) is 0 Å². The second kappa shape index (κ2) is 15.3. The number of aliphatic hydroxyl groups excluding tert-OH is 1. The first-order chi connectivity index (χ1) is 12.8. The minimum absolute atomic E-state index is 0.0590. The lowest BCUT2D eigenvalue weighted by Crippen LogP contribution is -2.44. The molecule has 1 heterocycles. The molecule has 0 aromatic heterocycles.